The van der Waals surface area contributed by atoms with Crippen LogP contribution in [0.15, 0.2) is 5.16 Å². The first kappa shape index (κ1) is 7.74. The Labute approximate surface area is 52.8 Å². The van der Waals surface area contributed by atoms with E-state index in [9.17, 15) is 4.79 Å². The van der Waals surface area contributed by atoms with E-state index < -0.39 is 0 Å². The molecule has 0 aromatic heterocycles. The van der Waals surface area contributed by atoms with Gasteiger partial charge in [-0.25, -0.2) is 0 Å². The van der Waals surface area contributed by atoms with Crippen molar-refractivity contribution in [3.05, 3.63) is 0 Å². The molecule has 0 unspecified atom stereocenters. The van der Waals surface area contributed by atoms with Crippen molar-refractivity contribution in [1.29, 1.82) is 0 Å². The van der Waals surface area contributed by atoms with Gasteiger partial charge in [0.15, 0.2) is 0 Å². The Morgan fingerprint density at radius 1 is 2.00 bits per heavy atom. The van der Waals surface area contributed by atoms with Crippen LogP contribution in [0.3, 0.4) is 0 Å². The van der Waals surface area contributed by atoms with Crippen molar-refractivity contribution in [2.75, 3.05) is 6.61 Å². The molecule has 0 rings (SSSR count). The molecule has 0 radical (unpaired) electrons. The van der Waals surface area contributed by atoms with Crippen molar-refractivity contribution >= 4 is 12.4 Å². The monoisotopic (exact) mass is 131 g/mol. The molecular formula is C4H9N3O2. The summed E-state index contributed by atoms with van der Waals surface area (Å²) in [5, 5.41) is 5.39. The number of hydrogen-bond acceptors (Lipinski definition) is 3. The number of nitrogens with one attached hydrogen (secondary N) is 1. The molecule has 52 valence electrons. The van der Waals surface area contributed by atoms with Crippen LogP contribution in [-0.2, 0) is 9.63 Å². The Morgan fingerprint density at radius 3 is 3.11 bits per heavy atom. The third-order valence-electron chi connectivity index (χ3n) is 0.499. The Morgan fingerprint density at radius 2 is 2.67 bits per heavy atom. The molecule has 0 heterocycles. The lowest BCUT2D eigenvalue weighted by Gasteiger charge is -1.94. The molecule has 0 bridgehead atoms. The zero-order valence-corrected chi connectivity index (χ0v) is 5.13. The summed E-state index contributed by atoms with van der Waals surface area (Å²) >= 11 is 0. The van der Waals surface area contributed by atoms with Gasteiger partial charge in [-0.05, 0) is 12.1 Å². The van der Waals surface area contributed by atoms with Crippen molar-refractivity contribution in [2.45, 2.75) is 6.92 Å². The number of guanidine groups is 1. The number of nitrogens with zero attached hydrogens (tertiary/aromatic N) is 1. The largest absolute Gasteiger partial charge is 0.393 e. The lowest BCUT2D eigenvalue weighted by Crippen LogP contribution is -2.30. The Bertz CT molecular complexity index is 112. The van der Waals surface area contributed by atoms with E-state index in [-0.39, 0.29) is 5.96 Å². The number of hydrogen-bond donors (Lipinski definition) is 2. The van der Waals surface area contributed by atoms with Gasteiger partial charge in [0.1, 0.15) is 6.61 Å². The molecule has 0 aliphatic heterocycles. The molecule has 0 aromatic carbocycles. The second-order valence-corrected chi connectivity index (χ2v) is 1.16. The summed E-state index contributed by atoms with van der Waals surface area (Å²) in [4.78, 5) is 14.1. The van der Waals surface area contributed by atoms with Gasteiger partial charge in [-0.1, -0.05) is 0 Å². The van der Waals surface area contributed by atoms with Gasteiger partial charge in [0.05, 0.1) is 0 Å². The van der Waals surface area contributed by atoms with Crippen LogP contribution in [-0.4, -0.2) is 19.0 Å². The summed E-state index contributed by atoms with van der Waals surface area (Å²) in [6.07, 6.45) is 0.428. The number of amides is 1. The highest BCUT2D eigenvalue weighted by Crippen LogP contribution is 1.70. The summed E-state index contributed by atoms with van der Waals surface area (Å²) in [7, 11) is 0. The molecule has 5 heteroatoms. The smallest absolute Gasteiger partial charge is 0.237 e. The van der Waals surface area contributed by atoms with Gasteiger partial charge in [0, 0.05) is 0 Å². The summed E-state index contributed by atoms with van der Waals surface area (Å²) < 4.78 is 0. The standard InChI is InChI=1S/C4H9N3O2/c1-2-9-7-4(5)6-3-8/h3H,2H2,1H3,(H3,5,6,7,8). The fourth-order valence-corrected chi connectivity index (χ4v) is 0.221. The summed E-state index contributed by atoms with van der Waals surface area (Å²) in [5.74, 6) is -0.0353. The van der Waals surface area contributed by atoms with Gasteiger partial charge in [0.2, 0.25) is 12.4 Å². The maximum atomic E-state index is 9.65. The minimum Gasteiger partial charge on any atom is -0.393 e. The van der Waals surface area contributed by atoms with Gasteiger partial charge < -0.3 is 10.6 Å². The van der Waals surface area contributed by atoms with Crippen molar-refractivity contribution in [2.24, 2.45) is 10.9 Å². The van der Waals surface area contributed by atoms with Gasteiger partial charge in [0.25, 0.3) is 0 Å². The number of rotatable bonds is 3. The summed E-state index contributed by atoms with van der Waals surface area (Å²) in [6.45, 7) is 2.19. The third-order valence-corrected chi connectivity index (χ3v) is 0.499. The van der Waals surface area contributed by atoms with Crippen LogP contribution in [0.1, 0.15) is 6.92 Å². The van der Waals surface area contributed by atoms with E-state index >= 15 is 0 Å². The minimum absolute atomic E-state index is 0.0353. The van der Waals surface area contributed by atoms with E-state index in [4.69, 9.17) is 5.73 Å². The fourth-order valence-electron chi connectivity index (χ4n) is 0.221. The fraction of sp³-hybridized carbons (Fsp3) is 0.500. The van der Waals surface area contributed by atoms with Gasteiger partial charge >= 0.3 is 0 Å². The molecule has 3 N–H and O–H groups in total. The van der Waals surface area contributed by atoms with Crippen molar-refractivity contribution < 1.29 is 9.63 Å². The molecule has 0 saturated carbocycles. The quantitative estimate of drug-likeness (QED) is 0.223. The average Bonchev–Trinajstić information content (AvgIpc) is 1.85. The molecule has 0 spiro atoms. The molecule has 0 aliphatic rings. The Hall–Kier alpha value is -1.26. The van der Waals surface area contributed by atoms with Crippen molar-refractivity contribution in [1.82, 2.24) is 5.32 Å². The highest BCUT2D eigenvalue weighted by Gasteiger charge is 1.84. The second kappa shape index (κ2) is 4.89. The van der Waals surface area contributed by atoms with Crippen LogP contribution in [0.2, 0.25) is 0 Å². The summed E-state index contributed by atoms with van der Waals surface area (Å²) in [6, 6.07) is 0. The van der Waals surface area contributed by atoms with Gasteiger partial charge in [-0.3, -0.25) is 10.1 Å². The molecule has 0 aliphatic carbocycles. The van der Waals surface area contributed by atoms with E-state index in [2.05, 4.69) is 15.3 Å². The number of carbonyl (C=O) groups excluding carboxylic acids is 1. The predicted molar refractivity (Wildman–Crippen MR) is 32.4 cm³/mol. The first-order chi connectivity index (χ1) is 4.31. The van der Waals surface area contributed by atoms with Crippen LogP contribution in [0.5, 0.6) is 0 Å². The van der Waals surface area contributed by atoms with Crippen LogP contribution in [0.25, 0.3) is 0 Å². The first-order valence-electron chi connectivity index (χ1n) is 2.47. The van der Waals surface area contributed by atoms with E-state index in [1.807, 2.05) is 0 Å². The Kier molecular flexibility index (Phi) is 4.20. The van der Waals surface area contributed by atoms with Crippen molar-refractivity contribution in [3.8, 4) is 0 Å². The number of nitrogens with two attached hydrogens (primary N) is 1. The van der Waals surface area contributed by atoms with E-state index in [1.165, 1.54) is 0 Å². The maximum absolute atomic E-state index is 9.65. The molecule has 0 atom stereocenters. The second-order valence-electron chi connectivity index (χ2n) is 1.16. The van der Waals surface area contributed by atoms with Gasteiger partial charge in [-0.2, -0.15) is 0 Å². The highest BCUT2D eigenvalue weighted by atomic mass is 16.6. The molecular weight excluding hydrogens is 122 g/mol. The van der Waals surface area contributed by atoms with E-state index in [0.717, 1.165) is 0 Å². The maximum Gasteiger partial charge on any atom is 0.237 e. The normalized spacial score (nSPS) is 10.6. The zero-order valence-electron chi connectivity index (χ0n) is 5.13. The zero-order chi connectivity index (χ0) is 7.11. The van der Waals surface area contributed by atoms with Crippen LogP contribution < -0.4 is 11.1 Å². The molecule has 5 nitrogen and oxygen atoms in total. The minimum atomic E-state index is -0.0353. The predicted octanol–water partition coefficient (Wildman–Crippen LogP) is -1.00. The van der Waals surface area contributed by atoms with E-state index in [0.29, 0.717) is 13.0 Å². The highest BCUT2D eigenvalue weighted by molar-refractivity contribution is 5.86. The van der Waals surface area contributed by atoms with Crippen molar-refractivity contribution in [3.63, 3.8) is 0 Å². The Balaban J connectivity index is 3.42. The summed E-state index contributed by atoms with van der Waals surface area (Å²) in [5.41, 5.74) is 5.05. The van der Waals surface area contributed by atoms with Gasteiger partial charge in [-0.15, -0.1) is 0 Å². The number of carbonyl (C=O) groups is 1. The number of oxime groups is 1. The molecule has 0 saturated heterocycles. The van der Waals surface area contributed by atoms with E-state index in [1.54, 1.807) is 6.92 Å². The molecule has 0 fully saturated rings. The third kappa shape index (κ3) is 4.60. The first-order valence-corrected chi connectivity index (χ1v) is 2.47. The lowest BCUT2D eigenvalue weighted by atomic mass is 10.9. The molecule has 1 amide bonds. The molecule has 9 heavy (non-hydrogen) atoms. The lowest BCUT2D eigenvalue weighted by molar-refractivity contribution is -0.108. The van der Waals surface area contributed by atoms with Crippen LogP contribution >= 0.6 is 0 Å². The average molecular weight is 131 g/mol. The topological polar surface area (TPSA) is 76.7 Å². The SMILES string of the molecule is CCON=C(N)NC=O. The molecule has 0 aromatic rings. The van der Waals surface area contributed by atoms with Crippen LogP contribution in [0.4, 0.5) is 0 Å². The van der Waals surface area contributed by atoms with Crippen LogP contribution in [0, 0.1) is 0 Å².